The molecular formula is C17H16ClI. The van der Waals surface area contributed by atoms with Crippen molar-refractivity contribution < 1.29 is 0 Å². The molecule has 1 aliphatic carbocycles. The summed E-state index contributed by atoms with van der Waals surface area (Å²) in [6.07, 6.45) is 5.08. The van der Waals surface area contributed by atoms with Crippen LogP contribution < -0.4 is 0 Å². The van der Waals surface area contributed by atoms with Crippen LogP contribution in [0.25, 0.3) is 0 Å². The molecule has 19 heavy (non-hydrogen) atoms. The second-order valence-electron chi connectivity index (χ2n) is 5.15. The van der Waals surface area contributed by atoms with E-state index in [0.29, 0.717) is 0 Å². The summed E-state index contributed by atoms with van der Waals surface area (Å²) in [5.74, 6) is 0. The number of benzene rings is 2. The smallest absolute Gasteiger partial charge is 0.0835 e. The van der Waals surface area contributed by atoms with Crippen LogP contribution in [-0.2, 0) is 12.8 Å². The van der Waals surface area contributed by atoms with Gasteiger partial charge in [0.25, 0.3) is 0 Å². The van der Waals surface area contributed by atoms with Crippen molar-refractivity contribution in [2.45, 2.75) is 31.1 Å². The lowest BCUT2D eigenvalue weighted by Gasteiger charge is -2.18. The van der Waals surface area contributed by atoms with E-state index in [0.717, 1.165) is 0 Å². The van der Waals surface area contributed by atoms with Crippen LogP contribution in [-0.4, -0.2) is 0 Å². The van der Waals surface area contributed by atoms with Gasteiger partial charge in [-0.15, -0.1) is 11.6 Å². The van der Waals surface area contributed by atoms with Gasteiger partial charge < -0.3 is 0 Å². The lowest BCUT2D eigenvalue weighted by Crippen LogP contribution is -2.04. The summed E-state index contributed by atoms with van der Waals surface area (Å²) in [7, 11) is 0. The first-order valence-electron chi connectivity index (χ1n) is 6.75. The summed E-state index contributed by atoms with van der Waals surface area (Å²) < 4.78 is 1.25. The van der Waals surface area contributed by atoms with Crippen LogP contribution in [0.4, 0.5) is 0 Å². The number of halogens is 2. The van der Waals surface area contributed by atoms with Crippen molar-refractivity contribution in [2.75, 3.05) is 0 Å². The highest BCUT2D eigenvalue weighted by molar-refractivity contribution is 14.1. The van der Waals surface area contributed by atoms with E-state index < -0.39 is 0 Å². The monoisotopic (exact) mass is 382 g/mol. The van der Waals surface area contributed by atoms with Crippen molar-refractivity contribution in [2.24, 2.45) is 0 Å². The van der Waals surface area contributed by atoms with Crippen LogP contribution in [0.1, 0.15) is 40.5 Å². The minimum absolute atomic E-state index is 0.0378. The Bertz CT molecular complexity index is 574. The Morgan fingerprint density at radius 2 is 1.47 bits per heavy atom. The second kappa shape index (κ2) is 5.84. The number of fused-ring (bicyclic) bond motifs is 1. The van der Waals surface area contributed by atoms with E-state index in [1.165, 1.54) is 51.5 Å². The molecular weight excluding hydrogens is 367 g/mol. The van der Waals surface area contributed by atoms with Crippen LogP contribution in [0.2, 0.25) is 0 Å². The third kappa shape index (κ3) is 2.97. The first-order chi connectivity index (χ1) is 9.24. The third-order valence-corrected chi connectivity index (χ3v) is 5.05. The fourth-order valence-electron chi connectivity index (χ4n) is 2.74. The number of hydrogen-bond acceptors (Lipinski definition) is 0. The summed E-state index contributed by atoms with van der Waals surface area (Å²) in [6.45, 7) is 0. The fraction of sp³-hybridized carbons (Fsp3) is 0.294. The predicted molar refractivity (Wildman–Crippen MR) is 89.9 cm³/mol. The molecule has 0 bridgehead atoms. The van der Waals surface area contributed by atoms with Crippen molar-refractivity contribution >= 4 is 34.2 Å². The van der Waals surface area contributed by atoms with E-state index in [1.54, 1.807) is 0 Å². The van der Waals surface area contributed by atoms with E-state index in [2.05, 4.69) is 65.1 Å². The average molecular weight is 383 g/mol. The normalized spacial score (nSPS) is 15.9. The maximum absolute atomic E-state index is 6.62. The van der Waals surface area contributed by atoms with E-state index >= 15 is 0 Å². The second-order valence-corrected chi connectivity index (χ2v) is 6.83. The van der Waals surface area contributed by atoms with Crippen LogP contribution in [0, 0.1) is 3.57 Å². The highest BCUT2D eigenvalue weighted by Crippen LogP contribution is 2.32. The molecule has 0 N–H and O–H groups in total. The summed E-state index contributed by atoms with van der Waals surface area (Å²) >= 11 is 8.94. The summed E-state index contributed by atoms with van der Waals surface area (Å²) in [4.78, 5) is 0. The van der Waals surface area contributed by atoms with Crippen molar-refractivity contribution in [3.05, 3.63) is 68.3 Å². The largest absolute Gasteiger partial charge is 0.113 e. The first-order valence-corrected chi connectivity index (χ1v) is 8.27. The van der Waals surface area contributed by atoms with Gasteiger partial charge in [0.15, 0.2) is 0 Å². The van der Waals surface area contributed by atoms with Gasteiger partial charge in [0, 0.05) is 3.57 Å². The van der Waals surface area contributed by atoms with E-state index in [9.17, 15) is 0 Å². The molecule has 0 amide bonds. The molecule has 1 aliphatic rings. The molecule has 0 saturated heterocycles. The van der Waals surface area contributed by atoms with Crippen molar-refractivity contribution in [1.82, 2.24) is 0 Å². The van der Waals surface area contributed by atoms with Crippen molar-refractivity contribution in [3.63, 3.8) is 0 Å². The zero-order chi connectivity index (χ0) is 13.2. The number of alkyl halides is 1. The number of rotatable bonds is 2. The fourth-order valence-corrected chi connectivity index (χ4v) is 3.38. The van der Waals surface area contributed by atoms with Gasteiger partial charge in [0.1, 0.15) is 0 Å². The zero-order valence-corrected chi connectivity index (χ0v) is 13.6. The molecule has 1 atom stereocenters. The summed E-state index contributed by atoms with van der Waals surface area (Å²) in [5.41, 5.74) is 5.42. The van der Waals surface area contributed by atoms with E-state index in [4.69, 9.17) is 11.6 Å². The minimum Gasteiger partial charge on any atom is -0.113 e. The quantitative estimate of drug-likeness (QED) is 0.475. The Morgan fingerprint density at radius 1 is 0.842 bits per heavy atom. The van der Waals surface area contributed by atoms with Crippen LogP contribution in [0.3, 0.4) is 0 Å². The van der Waals surface area contributed by atoms with Gasteiger partial charge >= 0.3 is 0 Å². The molecule has 0 radical (unpaired) electrons. The minimum atomic E-state index is -0.0378. The first kappa shape index (κ1) is 13.4. The molecule has 2 aromatic carbocycles. The summed E-state index contributed by atoms with van der Waals surface area (Å²) in [5, 5.41) is -0.0378. The molecule has 0 fully saturated rings. The molecule has 0 aliphatic heterocycles. The van der Waals surface area contributed by atoms with Crippen LogP contribution in [0.15, 0.2) is 42.5 Å². The Balaban J connectivity index is 1.91. The lowest BCUT2D eigenvalue weighted by atomic mass is 9.89. The van der Waals surface area contributed by atoms with Gasteiger partial charge in [-0.2, -0.15) is 0 Å². The Morgan fingerprint density at radius 3 is 2.21 bits per heavy atom. The van der Waals surface area contributed by atoms with Gasteiger partial charge in [-0.25, -0.2) is 0 Å². The van der Waals surface area contributed by atoms with Crippen molar-refractivity contribution in [1.29, 1.82) is 0 Å². The van der Waals surface area contributed by atoms with E-state index in [-0.39, 0.29) is 5.38 Å². The molecule has 2 heteroatoms. The molecule has 0 spiro atoms. The molecule has 0 heterocycles. The van der Waals surface area contributed by atoms with Gasteiger partial charge in [-0.3, -0.25) is 0 Å². The maximum Gasteiger partial charge on any atom is 0.0835 e. The van der Waals surface area contributed by atoms with Crippen LogP contribution >= 0.6 is 34.2 Å². The maximum atomic E-state index is 6.62. The molecule has 98 valence electrons. The zero-order valence-electron chi connectivity index (χ0n) is 10.7. The van der Waals surface area contributed by atoms with Crippen LogP contribution in [0.5, 0.6) is 0 Å². The van der Waals surface area contributed by atoms with Crippen molar-refractivity contribution in [3.8, 4) is 0 Å². The standard InChI is InChI=1S/C17H16ClI/c18-17(13-7-9-16(19)10-8-13)15-6-5-12-3-1-2-4-14(12)11-15/h5-11,17H,1-4H2. The van der Waals surface area contributed by atoms with E-state index in [1.807, 2.05) is 0 Å². The van der Waals surface area contributed by atoms with Gasteiger partial charge in [-0.1, -0.05) is 30.3 Å². The SMILES string of the molecule is ClC(c1ccc(I)cc1)c1ccc2c(c1)CCCC2. The lowest BCUT2D eigenvalue weighted by molar-refractivity contribution is 0.684. The molecule has 1 unspecified atom stereocenters. The van der Waals surface area contributed by atoms with Gasteiger partial charge in [-0.05, 0) is 82.7 Å². The molecule has 2 aromatic rings. The number of hydrogen-bond donors (Lipinski definition) is 0. The molecule has 0 saturated carbocycles. The Hall–Kier alpha value is -0.540. The summed E-state index contributed by atoms with van der Waals surface area (Å²) in [6, 6.07) is 15.3. The molecule has 3 rings (SSSR count). The molecule has 0 aromatic heterocycles. The Labute approximate surface area is 133 Å². The predicted octanol–water partition coefficient (Wildman–Crippen LogP) is 5.50. The van der Waals surface area contributed by atoms with Gasteiger partial charge in [0.05, 0.1) is 5.38 Å². The highest BCUT2D eigenvalue weighted by atomic mass is 127. The highest BCUT2D eigenvalue weighted by Gasteiger charge is 2.14. The Kier molecular flexibility index (Phi) is 4.13. The average Bonchev–Trinajstić information content (AvgIpc) is 2.47. The topological polar surface area (TPSA) is 0 Å². The van der Waals surface area contributed by atoms with Gasteiger partial charge in [0.2, 0.25) is 0 Å². The molecule has 0 nitrogen and oxygen atoms in total. The number of aryl methyl sites for hydroxylation is 2. The third-order valence-electron chi connectivity index (χ3n) is 3.83.